The molecule has 0 heterocycles. The van der Waals surface area contributed by atoms with Crippen LogP contribution in [0.4, 0.5) is 5.69 Å². The topological polar surface area (TPSA) is 38.8 Å². The Morgan fingerprint density at radius 1 is 1.08 bits per heavy atom. The van der Waals surface area contributed by atoms with E-state index in [1.165, 1.54) is 12.8 Å². The van der Waals surface area contributed by atoms with E-state index in [1.807, 2.05) is 12.1 Å². The third-order valence-corrected chi connectivity index (χ3v) is 4.15. The average Bonchev–Trinajstić information content (AvgIpc) is 2.64. The number of rotatable bonds is 9. The highest BCUT2D eigenvalue weighted by atomic mass is 35.5. The zero-order valence-corrected chi connectivity index (χ0v) is 16.3. The van der Waals surface area contributed by atoms with E-state index in [2.05, 4.69) is 35.6 Å². The summed E-state index contributed by atoms with van der Waals surface area (Å²) >= 11 is 5.99. The number of esters is 1. The largest absolute Gasteiger partial charge is 0.494 e. The first-order valence-corrected chi connectivity index (χ1v) is 9.19. The van der Waals surface area contributed by atoms with Crippen LogP contribution in [0.5, 0.6) is 5.75 Å². The second kappa shape index (κ2) is 10.1. The van der Waals surface area contributed by atoms with Crippen molar-refractivity contribution in [3.05, 3.63) is 59.1 Å². The van der Waals surface area contributed by atoms with Gasteiger partial charge in [0, 0.05) is 23.8 Å². The van der Waals surface area contributed by atoms with Crippen LogP contribution in [0.15, 0.2) is 48.5 Å². The molecule has 0 aliphatic rings. The van der Waals surface area contributed by atoms with E-state index in [9.17, 15) is 4.79 Å². The van der Waals surface area contributed by atoms with E-state index in [4.69, 9.17) is 16.3 Å². The highest BCUT2D eigenvalue weighted by Crippen LogP contribution is 2.20. The molecule has 0 aromatic heterocycles. The van der Waals surface area contributed by atoms with Crippen LogP contribution in [0.3, 0.4) is 0 Å². The van der Waals surface area contributed by atoms with Gasteiger partial charge in [-0.2, -0.15) is 0 Å². The van der Waals surface area contributed by atoms with Crippen molar-refractivity contribution in [2.45, 2.75) is 20.3 Å². The van der Waals surface area contributed by atoms with Crippen LogP contribution in [-0.2, 0) is 4.74 Å². The Hall–Kier alpha value is -2.20. The van der Waals surface area contributed by atoms with Gasteiger partial charge in [0.2, 0.25) is 0 Å². The average molecular weight is 376 g/mol. The Morgan fingerprint density at radius 2 is 1.73 bits per heavy atom. The third-order valence-electron chi connectivity index (χ3n) is 3.89. The number of hydrogen-bond donors (Lipinski definition) is 0. The molecule has 4 nitrogen and oxygen atoms in total. The van der Waals surface area contributed by atoms with E-state index in [0.717, 1.165) is 30.3 Å². The first-order valence-electron chi connectivity index (χ1n) is 8.81. The fraction of sp³-hybridized carbons (Fsp3) is 0.381. The number of anilines is 1. The summed E-state index contributed by atoms with van der Waals surface area (Å²) in [7, 11) is 1.37. The Balaban J connectivity index is 1.85. The molecule has 0 fully saturated rings. The van der Waals surface area contributed by atoms with Crippen LogP contribution in [-0.4, -0.2) is 32.8 Å². The molecule has 0 spiro atoms. The minimum Gasteiger partial charge on any atom is -0.494 e. The number of methoxy groups -OCH3 is 1. The van der Waals surface area contributed by atoms with Crippen molar-refractivity contribution in [1.82, 2.24) is 0 Å². The molecule has 140 valence electrons. The molecule has 5 heteroatoms. The summed E-state index contributed by atoms with van der Waals surface area (Å²) in [6.45, 7) is 6.92. The standard InChI is InChI=1S/C21H26ClNO3/c1-16(2)15-23(19-9-7-18(22)8-10-19)13-4-14-26-20-11-5-17(6-12-20)21(24)25-3/h5-12,16H,4,13-15H2,1-3H3. The lowest BCUT2D eigenvalue weighted by atomic mass is 10.2. The lowest BCUT2D eigenvalue weighted by Crippen LogP contribution is -2.29. The number of carbonyl (C=O) groups is 1. The second-order valence-electron chi connectivity index (χ2n) is 6.53. The van der Waals surface area contributed by atoms with Gasteiger partial charge in [-0.15, -0.1) is 0 Å². The summed E-state index contributed by atoms with van der Waals surface area (Å²) < 4.78 is 10.5. The first kappa shape index (κ1) is 20.1. The Labute approximate surface area is 160 Å². The number of nitrogens with zero attached hydrogens (tertiary/aromatic N) is 1. The minimum atomic E-state index is -0.344. The number of carbonyl (C=O) groups excluding carboxylic acids is 1. The Bertz CT molecular complexity index is 683. The molecule has 0 saturated carbocycles. The summed E-state index contributed by atoms with van der Waals surface area (Å²) in [5.41, 5.74) is 1.69. The molecular formula is C21H26ClNO3. The normalized spacial score (nSPS) is 10.7. The van der Waals surface area contributed by atoms with Crippen molar-refractivity contribution < 1.29 is 14.3 Å². The second-order valence-corrected chi connectivity index (χ2v) is 6.97. The number of halogens is 1. The molecule has 0 saturated heterocycles. The maximum atomic E-state index is 11.4. The van der Waals surface area contributed by atoms with Crippen molar-refractivity contribution in [3.8, 4) is 5.75 Å². The molecule has 0 unspecified atom stereocenters. The molecular weight excluding hydrogens is 350 g/mol. The van der Waals surface area contributed by atoms with Gasteiger partial charge in [0.05, 0.1) is 19.3 Å². The number of benzene rings is 2. The molecule has 26 heavy (non-hydrogen) atoms. The van der Waals surface area contributed by atoms with Gasteiger partial charge in [-0.25, -0.2) is 4.79 Å². The molecule has 2 aromatic rings. The van der Waals surface area contributed by atoms with Crippen LogP contribution in [0.25, 0.3) is 0 Å². The van der Waals surface area contributed by atoms with E-state index in [-0.39, 0.29) is 5.97 Å². The zero-order chi connectivity index (χ0) is 18.9. The monoisotopic (exact) mass is 375 g/mol. The summed E-state index contributed by atoms with van der Waals surface area (Å²) in [6.07, 6.45) is 0.897. The molecule has 2 aromatic carbocycles. The van der Waals surface area contributed by atoms with Gasteiger partial charge in [-0.05, 0) is 60.9 Å². The van der Waals surface area contributed by atoms with Crippen LogP contribution < -0.4 is 9.64 Å². The van der Waals surface area contributed by atoms with Gasteiger partial charge in [-0.3, -0.25) is 0 Å². The fourth-order valence-corrected chi connectivity index (χ4v) is 2.79. The summed E-state index contributed by atoms with van der Waals surface area (Å²) in [5, 5.41) is 0.747. The maximum absolute atomic E-state index is 11.4. The van der Waals surface area contributed by atoms with Crippen molar-refractivity contribution in [1.29, 1.82) is 0 Å². The lowest BCUT2D eigenvalue weighted by molar-refractivity contribution is 0.0600. The van der Waals surface area contributed by atoms with Gasteiger partial charge in [0.25, 0.3) is 0 Å². The molecule has 0 amide bonds. The van der Waals surface area contributed by atoms with Crippen molar-refractivity contribution in [2.75, 3.05) is 31.7 Å². The van der Waals surface area contributed by atoms with E-state index in [1.54, 1.807) is 24.3 Å². The summed E-state index contributed by atoms with van der Waals surface area (Å²) in [5.74, 6) is 0.973. The predicted octanol–water partition coefficient (Wildman–Crippen LogP) is 5.06. The first-order chi connectivity index (χ1) is 12.5. The molecule has 0 radical (unpaired) electrons. The summed E-state index contributed by atoms with van der Waals surface area (Å²) in [6, 6.07) is 14.9. The molecule has 0 bridgehead atoms. The van der Waals surface area contributed by atoms with Gasteiger partial charge in [0.15, 0.2) is 0 Å². The summed E-state index contributed by atoms with van der Waals surface area (Å²) in [4.78, 5) is 13.8. The van der Waals surface area contributed by atoms with Gasteiger partial charge < -0.3 is 14.4 Å². The molecule has 0 aliphatic heterocycles. The highest BCUT2D eigenvalue weighted by Gasteiger charge is 2.09. The van der Waals surface area contributed by atoms with E-state index in [0.29, 0.717) is 18.1 Å². The van der Waals surface area contributed by atoms with Crippen LogP contribution >= 0.6 is 11.6 Å². The predicted molar refractivity (Wildman–Crippen MR) is 106 cm³/mol. The van der Waals surface area contributed by atoms with E-state index < -0.39 is 0 Å². The van der Waals surface area contributed by atoms with Crippen molar-refractivity contribution in [3.63, 3.8) is 0 Å². The lowest BCUT2D eigenvalue weighted by Gasteiger charge is -2.27. The smallest absolute Gasteiger partial charge is 0.337 e. The Kier molecular flexibility index (Phi) is 7.79. The van der Waals surface area contributed by atoms with Gasteiger partial charge in [0.1, 0.15) is 5.75 Å². The molecule has 0 aliphatic carbocycles. The van der Waals surface area contributed by atoms with Gasteiger partial charge in [-0.1, -0.05) is 25.4 Å². The zero-order valence-electron chi connectivity index (χ0n) is 15.6. The van der Waals surface area contributed by atoms with Crippen LogP contribution in [0.2, 0.25) is 5.02 Å². The maximum Gasteiger partial charge on any atom is 0.337 e. The Morgan fingerprint density at radius 3 is 2.31 bits per heavy atom. The number of ether oxygens (including phenoxy) is 2. The molecule has 0 N–H and O–H groups in total. The number of hydrogen-bond acceptors (Lipinski definition) is 4. The van der Waals surface area contributed by atoms with Crippen molar-refractivity contribution in [2.24, 2.45) is 5.92 Å². The molecule has 0 atom stereocenters. The SMILES string of the molecule is COC(=O)c1ccc(OCCCN(CC(C)C)c2ccc(Cl)cc2)cc1. The van der Waals surface area contributed by atoms with Crippen LogP contribution in [0, 0.1) is 5.92 Å². The van der Waals surface area contributed by atoms with Crippen molar-refractivity contribution >= 4 is 23.3 Å². The van der Waals surface area contributed by atoms with Crippen LogP contribution in [0.1, 0.15) is 30.6 Å². The van der Waals surface area contributed by atoms with E-state index >= 15 is 0 Å². The molecule has 2 rings (SSSR count). The minimum absolute atomic E-state index is 0.344. The van der Waals surface area contributed by atoms with Gasteiger partial charge >= 0.3 is 5.97 Å². The quantitative estimate of drug-likeness (QED) is 0.453. The highest BCUT2D eigenvalue weighted by molar-refractivity contribution is 6.30. The fourth-order valence-electron chi connectivity index (χ4n) is 2.67. The third kappa shape index (κ3) is 6.26.